The largest absolute Gasteiger partial charge is 0.485 e. The molecule has 0 bridgehead atoms. The van der Waals surface area contributed by atoms with Crippen LogP contribution < -0.4 is 4.74 Å². The molecule has 1 fully saturated rings. The number of pyridine rings is 1. The van der Waals surface area contributed by atoms with Crippen LogP contribution in [-0.4, -0.2) is 39.9 Å². The molecule has 4 heteroatoms. The quantitative estimate of drug-likeness (QED) is 0.789. The summed E-state index contributed by atoms with van der Waals surface area (Å²) in [5.41, 5.74) is 2.26. The van der Waals surface area contributed by atoms with Crippen molar-refractivity contribution in [2.45, 2.75) is 69.5 Å². The van der Waals surface area contributed by atoms with Crippen LogP contribution in [0.5, 0.6) is 5.75 Å². The van der Waals surface area contributed by atoms with Gasteiger partial charge in [0.25, 0.3) is 0 Å². The van der Waals surface area contributed by atoms with Crippen molar-refractivity contribution in [3.05, 3.63) is 23.5 Å². The molecule has 1 unspecified atom stereocenters. The van der Waals surface area contributed by atoms with E-state index in [4.69, 9.17) is 9.72 Å². The average molecular weight is 335 g/mol. The van der Waals surface area contributed by atoms with Crippen molar-refractivity contribution in [3.8, 4) is 5.75 Å². The first-order chi connectivity index (χ1) is 10.8. The highest BCUT2D eigenvalue weighted by atomic mass is 32.2. The summed E-state index contributed by atoms with van der Waals surface area (Å²) in [4.78, 5) is 7.36. The summed E-state index contributed by atoms with van der Waals surface area (Å²) in [7, 11) is 0. The molecule has 23 heavy (non-hydrogen) atoms. The van der Waals surface area contributed by atoms with E-state index in [-0.39, 0.29) is 10.3 Å². The summed E-state index contributed by atoms with van der Waals surface area (Å²) in [6, 6.07) is 4.22. The monoisotopic (exact) mass is 334 g/mol. The van der Waals surface area contributed by atoms with Crippen LogP contribution in [-0.2, 0) is 0 Å². The van der Waals surface area contributed by atoms with E-state index in [0.29, 0.717) is 5.25 Å². The van der Waals surface area contributed by atoms with Crippen molar-refractivity contribution < 1.29 is 4.74 Å². The summed E-state index contributed by atoms with van der Waals surface area (Å²) in [6.45, 7) is 14.7. The highest BCUT2D eigenvalue weighted by Crippen LogP contribution is 2.51. The van der Waals surface area contributed by atoms with Gasteiger partial charge in [-0.25, -0.2) is 0 Å². The van der Waals surface area contributed by atoms with Gasteiger partial charge in [-0.15, -0.1) is 11.8 Å². The number of thioether (sulfide) groups is 1. The Balaban J connectivity index is 1.89. The Hall–Kier alpha value is -0.740. The molecular formula is C19H30N2OS. The Morgan fingerprint density at radius 1 is 1.30 bits per heavy atom. The number of aromatic nitrogens is 1. The normalized spacial score (nSPS) is 24.3. The lowest BCUT2D eigenvalue weighted by molar-refractivity contribution is -0.0151. The van der Waals surface area contributed by atoms with Crippen LogP contribution >= 0.6 is 11.8 Å². The molecule has 0 saturated carbocycles. The molecule has 2 aliphatic rings. The third-order valence-electron chi connectivity index (χ3n) is 4.92. The third-order valence-corrected chi connectivity index (χ3v) is 6.31. The van der Waals surface area contributed by atoms with Crippen molar-refractivity contribution in [2.75, 3.05) is 19.6 Å². The van der Waals surface area contributed by atoms with E-state index in [9.17, 15) is 0 Å². The lowest BCUT2D eigenvalue weighted by Gasteiger charge is -2.47. The molecule has 1 aromatic heterocycles. The van der Waals surface area contributed by atoms with Crippen LogP contribution in [0.4, 0.5) is 0 Å². The Labute approximate surface area is 145 Å². The van der Waals surface area contributed by atoms with E-state index in [1.54, 1.807) is 0 Å². The van der Waals surface area contributed by atoms with Gasteiger partial charge in [-0.05, 0) is 38.4 Å². The lowest BCUT2D eigenvalue weighted by Crippen LogP contribution is -2.50. The number of piperidine rings is 1. The van der Waals surface area contributed by atoms with E-state index in [1.165, 1.54) is 0 Å². The molecule has 0 N–H and O–H groups in total. The highest BCUT2D eigenvalue weighted by Gasteiger charge is 2.44. The van der Waals surface area contributed by atoms with Gasteiger partial charge in [0.2, 0.25) is 0 Å². The van der Waals surface area contributed by atoms with Gasteiger partial charge in [0.15, 0.2) is 0 Å². The molecule has 2 aliphatic heterocycles. The Bertz CT molecular complexity index is 559. The molecule has 1 saturated heterocycles. The van der Waals surface area contributed by atoms with Gasteiger partial charge >= 0.3 is 0 Å². The van der Waals surface area contributed by atoms with Crippen molar-refractivity contribution in [1.29, 1.82) is 0 Å². The molecule has 3 heterocycles. The van der Waals surface area contributed by atoms with Crippen LogP contribution in [0.1, 0.15) is 63.6 Å². The zero-order valence-electron chi connectivity index (χ0n) is 15.2. The fraction of sp³-hybridized carbons (Fsp3) is 0.737. The SMILES string of the molecule is CCN1CCC2(CC1)CC(SC(C)(C)C)c1nc(C)ccc1O2. The van der Waals surface area contributed by atoms with Crippen molar-refractivity contribution in [1.82, 2.24) is 9.88 Å². The van der Waals surface area contributed by atoms with E-state index in [0.717, 1.165) is 56.0 Å². The maximum atomic E-state index is 6.55. The van der Waals surface area contributed by atoms with E-state index >= 15 is 0 Å². The van der Waals surface area contributed by atoms with Gasteiger partial charge in [0, 0.05) is 30.0 Å². The summed E-state index contributed by atoms with van der Waals surface area (Å²) in [5, 5.41) is 0.437. The summed E-state index contributed by atoms with van der Waals surface area (Å²) < 4.78 is 6.78. The average Bonchev–Trinajstić information content (AvgIpc) is 2.47. The van der Waals surface area contributed by atoms with Gasteiger partial charge in [0.05, 0.1) is 10.9 Å². The van der Waals surface area contributed by atoms with Gasteiger partial charge in [0.1, 0.15) is 11.4 Å². The van der Waals surface area contributed by atoms with Gasteiger partial charge in [-0.3, -0.25) is 4.98 Å². The van der Waals surface area contributed by atoms with Crippen LogP contribution in [0.2, 0.25) is 0 Å². The zero-order valence-corrected chi connectivity index (χ0v) is 16.0. The lowest BCUT2D eigenvalue weighted by atomic mass is 9.84. The number of fused-ring (bicyclic) bond motifs is 1. The standard InChI is InChI=1S/C19H30N2OS/c1-6-21-11-9-19(10-12-21)13-16(23-18(3,4)5)17-15(22-19)8-7-14(2)20-17/h7-8,16H,6,9-13H2,1-5H3. The highest BCUT2D eigenvalue weighted by molar-refractivity contribution is 8.00. The van der Waals surface area contributed by atoms with Crippen molar-refractivity contribution in [3.63, 3.8) is 0 Å². The molecule has 128 valence electrons. The predicted molar refractivity (Wildman–Crippen MR) is 98.4 cm³/mol. The summed E-state index contributed by atoms with van der Waals surface area (Å²) in [5.74, 6) is 1.02. The molecule has 0 radical (unpaired) electrons. The minimum Gasteiger partial charge on any atom is -0.485 e. The smallest absolute Gasteiger partial charge is 0.142 e. The van der Waals surface area contributed by atoms with E-state index in [1.807, 2.05) is 11.8 Å². The van der Waals surface area contributed by atoms with Crippen LogP contribution in [0.3, 0.4) is 0 Å². The molecule has 3 nitrogen and oxygen atoms in total. The summed E-state index contributed by atoms with van der Waals surface area (Å²) >= 11 is 2.05. The van der Waals surface area contributed by atoms with Gasteiger partial charge in [-0.2, -0.15) is 0 Å². The first-order valence-corrected chi connectivity index (χ1v) is 9.75. The van der Waals surface area contributed by atoms with E-state index in [2.05, 4.69) is 51.7 Å². The second-order valence-electron chi connectivity index (χ2n) is 7.98. The second kappa shape index (κ2) is 6.29. The maximum Gasteiger partial charge on any atom is 0.142 e. The first-order valence-electron chi connectivity index (χ1n) is 8.87. The predicted octanol–water partition coefficient (Wildman–Crippen LogP) is 4.60. The minimum absolute atomic E-state index is 0.0124. The molecule has 1 spiro atoms. The maximum absolute atomic E-state index is 6.55. The topological polar surface area (TPSA) is 25.4 Å². The zero-order chi connectivity index (χ0) is 16.7. The number of hydrogen-bond donors (Lipinski definition) is 0. The molecule has 1 aromatic rings. The molecular weight excluding hydrogens is 304 g/mol. The number of aryl methyl sites for hydroxylation is 1. The number of rotatable bonds is 2. The van der Waals surface area contributed by atoms with Crippen LogP contribution in [0.15, 0.2) is 12.1 Å². The van der Waals surface area contributed by atoms with Crippen molar-refractivity contribution >= 4 is 11.8 Å². The van der Waals surface area contributed by atoms with Crippen LogP contribution in [0, 0.1) is 6.92 Å². The number of hydrogen-bond acceptors (Lipinski definition) is 4. The molecule has 3 rings (SSSR count). The van der Waals surface area contributed by atoms with Gasteiger partial charge < -0.3 is 9.64 Å². The number of likely N-dealkylation sites (tertiary alicyclic amines) is 1. The first kappa shape index (κ1) is 17.1. The fourth-order valence-corrected chi connectivity index (χ4v) is 5.22. The molecule has 1 atom stereocenters. The van der Waals surface area contributed by atoms with E-state index < -0.39 is 0 Å². The summed E-state index contributed by atoms with van der Waals surface area (Å²) in [6.07, 6.45) is 3.36. The second-order valence-corrected chi connectivity index (χ2v) is 10.0. The molecule has 0 aliphatic carbocycles. The molecule has 0 aromatic carbocycles. The Morgan fingerprint density at radius 3 is 2.61 bits per heavy atom. The fourth-order valence-electron chi connectivity index (χ4n) is 3.70. The number of ether oxygens (including phenoxy) is 1. The minimum atomic E-state index is 0.0124. The Morgan fingerprint density at radius 2 is 2.00 bits per heavy atom. The van der Waals surface area contributed by atoms with Crippen LogP contribution in [0.25, 0.3) is 0 Å². The molecule has 0 amide bonds. The number of nitrogens with zero attached hydrogens (tertiary/aromatic N) is 2. The van der Waals surface area contributed by atoms with Crippen molar-refractivity contribution in [2.24, 2.45) is 0 Å². The Kier molecular flexibility index (Phi) is 4.67. The third kappa shape index (κ3) is 3.85. The van der Waals surface area contributed by atoms with Gasteiger partial charge in [-0.1, -0.05) is 27.7 Å².